The molecule has 1 unspecified atom stereocenters. The Morgan fingerprint density at radius 1 is 1.06 bits per heavy atom. The summed E-state index contributed by atoms with van der Waals surface area (Å²) in [6, 6.07) is 10.9. The van der Waals surface area contributed by atoms with Crippen LogP contribution < -0.4 is 9.64 Å². The third-order valence-corrected chi connectivity index (χ3v) is 7.63. The molecule has 2 aromatic rings. The number of carbonyl (C=O) groups is 3. The van der Waals surface area contributed by atoms with Gasteiger partial charge < -0.3 is 14.5 Å². The molecular weight excluding hydrogens is 440 g/mol. The number of fused-ring (bicyclic) bond motifs is 1. The number of benzene rings is 2. The van der Waals surface area contributed by atoms with Crippen molar-refractivity contribution in [2.75, 3.05) is 24.5 Å². The van der Waals surface area contributed by atoms with Gasteiger partial charge in [-0.2, -0.15) is 0 Å². The Hall–Kier alpha value is -2.86. The van der Waals surface area contributed by atoms with Crippen LogP contribution in [0.2, 0.25) is 5.02 Å². The first-order chi connectivity index (χ1) is 15.8. The lowest BCUT2D eigenvalue weighted by Crippen LogP contribution is -2.53. The van der Waals surface area contributed by atoms with Gasteiger partial charge in [-0.3, -0.25) is 14.4 Å². The zero-order valence-corrected chi connectivity index (χ0v) is 19.7. The maximum absolute atomic E-state index is 13.2. The molecule has 0 aliphatic carbocycles. The molecule has 2 amide bonds. The molecule has 7 heteroatoms. The maximum Gasteiger partial charge on any atom is 0.228 e. The van der Waals surface area contributed by atoms with E-state index in [9.17, 15) is 14.4 Å². The molecular formula is C26H27ClN2O4. The number of rotatable bonds is 2. The summed E-state index contributed by atoms with van der Waals surface area (Å²) in [4.78, 5) is 42.2. The van der Waals surface area contributed by atoms with Gasteiger partial charge in [0.2, 0.25) is 11.8 Å². The summed E-state index contributed by atoms with van der Waals surface area (Å²) in [5.74, 6) is 0.406. The second kappa shape index (κ2) is 8.17. The van der Waals surface area contributed by atoms with Crippen LogP contribution in [0.25, 0.3) is 0 Å². The first kappa shape index (κ1) is 22.0. The highest BCUT2D eigenvalue weighted by Gasteiger charge is 2.46. The summed E-state index contributed by atoms with van der Waals surface area (Å²) < 4.78 is 6.47. The third kappa shape index (κ3) is 3.90. The van der Waals surface area contributed by atoms with E-state index in [1.54, 1.807) is 29.2 Å². The first-order valence-electron chi connectivity index (χ1n) is 11.4. The molecule has 5 rings (SSSR count). The Morgan fingerprint density at radius 2 is 1.76 bits per heavy atom. The highest BCUT2D eigenvalue weighted by Crippen LogP contribution is 2.42. The fraction of sp³-hybridized carbons (Fsp3) is 0.423. The summed E-state index contributed by atoms with van der Waals surface area (Å²) in [6.45, 7) is 5.43. The van der Waals surface area contributed by atoms with Gasteiger partial charge in [-0.05, 0) is 55.3 Å². The van der Waals surface area contributed by atoms with Gasteiger partial charge in [0.05, 0.1) is 17.9 Å². The minimum Gasteiger partial charge on any atom is -0.486 e. The van der Waals surface area contributed by atoms with Crippen molar-refractivity contribution in [3.8, 4) is 5.75 Å². The van der Waals surface area contributed by atoms with Gasteiger partial charge in [0.1, 0.15) is 11.4 Å². The summed E-state index contributed by atoms with van der Waals surface area (Å²) >= 11 is 5.95. The zero-order chi connectivity index (χ0) is 23.3. The molecule has 3 aliphatic rings. The monoisotopic (exact) mass is 466 g/mol. The van der Waals surface area contributed by atoms with Crippen LogP contribution in [0.4, 0.5) is 5.69 Å². The topological polar surface area (TPSA) is 66.9 Å². The molecule has 0 saturated carbocycles. The smallest absolute Gasteiger partial charge is 0.228 e. The van der Waals surface area contributed by atoms with Gasteiger partial charge in [0.25, 0.3) is 0 Å². The molecule has 172 valence electrons. The SMILES string of the molecule is Cc1ccc2c(c1C)OC1(CCN(C(=O)C3CC(=O)N(c4ccc(Cl)cc4)C3)CC1)CC2=O. The number of aryl methyl sites for hydroxylation is 1. The highest BCUT2D eigenvalue weighted by atomic mass is 35.5. The number of amides is 2. The molecule has 2 aromatic carbocycles. The second-order valence-electron chi connectivity index (χ2n) is 9.48. The van der Waals surface area contributed by atoms with E-state index in [0.717, 1.165) is 16.8 Å². The van der Waals surface area contributed by atoms with Crippen LogP contribution >= 0.6 is 11.6 Å². The lowest BCUT2D eigenvalue weighted by Gasteiger charge is -2.44. The van der Waals surface area contributed by atoms with Crippen molar-refractivity contribution >= 4 is 34.9 Å². The number of ketones is 1. The van der Waals surface area contributed by atoms with Gasteiger partial charge in [-0.1, -0.05) is 17.7 Å². The largest absolute Gasteiger partial charge is 0.486 e. The van der Waals surface area contributed by atoms with Gasteiger partial charge in [-0.25, -0.2) is 0 Å². The van der Waals surface area contributed by atoms with E-state index in [1.807, 2.05) is 30.9 Å². The summed E-state index contributed by atoms with van der Waals surface area (Å²) in [5.41, 5.74) is 2.97. The Labute approximate surface area is 198 Å². The van der Waals surface area contributed by atoms with Crippen LogP contribution in [-0.2, 0) is 9.59 Å². The first-order valence-corrected chi connectivity index (χ1v) is 11.8. The van der Waals surface area contributed by atoms with E-state index in [1.165, 1.54) is 0 Å². The van der Waals surface area contributed by atoms with Crippen molar-refractivity contribution < 1.29 is 19.1 Å². The Kier molecular flexibility index (Phi) is 5.44. The van der Waals surface area contributed by atoms with E-state index >= 15 is 0 Å². The second-order valence-corrected chi connectivity index (χ2v) is 9.91. The standard InChI is InChI=1S/C26H27ClN2O4/c1-16-3-8-21-22(30)14-26(33-24(21)17(16)2)9-11-28(12-10-26)25(32)18-13-23(31)29(15-18)20-6-4-19(27)5-7-20/h3-8,18H,9-15H2,1-2H3. The molecule has 1 atom stereocenters. The molecule has 2 fully saturated rings. The molecule has 33 heavy (non-hydrogen) atoms. The highest BCUT2D eigenvalue weighted by molar-refractivity contribution is 6.30. The molecule has 0 radical (unpaired) electrons. The number of hydrogen-bond acceptors (Lipinski definition) is 4. The minimum atomic E-state index is -0.555. The van der Waals surface area contributed by atoms with Crippen LogP contribution in [0.5, 0.6) is 5.75 Å². The van der Waals surface area contributed by atoms with Gasteiger partial charge in [0, 0.05) is 49.6 Å². The Balaban J connectivity index is 1.25. The van der Waals surface area contributed by atoms with E-state index in [-0.39, 0.29) is 29.9 Å². The maximum atomic E-state index is 13.2. The van der Waals surface area contributed by atoms with E-state index in [4.69, 9.17) is 16.3 Å². The van der Waals surface area contributed by atoms with Crippen LogP contribution in [0, 0.1) is 19.8 Å². The van der Waals surface area contributed by atoms with Crippen LogP contribution in [-0.4, -0.2) is 47.7 Å². The molecule has 6 nitrogen and oxygen atoms in total. The number of anilines is 1. The average molecular weight is 467 g/mol. The van der Waals surface area contributed by atoms with Crippen LogP contribution in [0.1, 0.15) is 47.2 Å². The fourth-order valence-corrected chi connectivity index (χ4v) is 5.32. The minimum absolute atomic E-state index is 0.00391. The van der Waals surface area contributed by atoms with Crippen molar-refractivity contribution in [2.24, 2.45) is 5.92 Å². The average Bonchev–Trinajstić information content (AvgIpc) is 3.19. The van der Waals surface area contributed by atoms with Gasteiger partial charge >= 0.3 is 0 Å². The molecule has 3 aliphatic heterocycles. The number of hydrogen-bond donors (Lipinski definition) is 0. The number of likely N-dealkylation sites (tertiary alicyclic amines) is 1. The van der Waals surface area contributed by atoms with Gasteiger partial charge in [0.15, 0.2) is 5.78 Å². The molecule has 0 aromatic heterocycles. The lowest BCUT2D eigenvalue weighted by molar-refractivity contribution is -0.139. The van der Waals surface area contributed by atoms with Crippen molar-refractivity contribution in [1.29, 1.82) is 0 Å². The molecule has 0 N–H and O–H groups in total. The summed E-state index contributed by atoms with van der Waals surface area (Å²) in [5, 5.41) is 0.608. The van der Waals surface area contributed by atoms with Crippen molar-refractivity contribution in [1.82, 2.24) is 4.90 Å². The lowest BCUT2D eigenvalue weighted by atomic mass is 9.81. The quantitative estimate of drug-likeness (QED) is 0.660. The number of nitrogens with zero attached hydrogens (tertiary/aromatic N) is 2. The van der Waals surface area contributed by atoms with E-state index in [0.29, 0.717) is 55.2 Å². The predicted molar refractivity (Wildman–Crippen MR) is 126 cm³/mol. The molecule has 2 saturated heterocycles. The van der Waals surface area contributed by atoms with Crippen molar-refractivity contribution in [3.05, 3.63) is 58.1 Å². The van der Waals surface area contributed by atoms with E-state index < -0.39 is 5.60 Å². The molecule has 0 bridgehead atoms. The zero-order valence-electron chi connectivity index (χ0n) is 18.9. The molecule has 1 spiro atoms. The number of ether oxygens (including phenoxy) is 1. The normalized spacial score (nSPS) is 21.8. The van der Waals surface area contributed by atoms with Gasteiger partial charge in [-0.15, -0.1) is 0 Å². The predicted octanol–water partition coefficient (Wildman–Crippen LogP) is 4.34. The number of halogens is 1. The number of Topliss-reactive ketones (excluding diaryl/α,β-unsaturated/α-hetero) is 1. The molecule has 3 heterocycles. The number of piperidine rings is 1. The summed E-state index contributed by atoms with van der Waals surface area (Å²) in [6.07, 6.45) is 1.78. The van der Waals surface area contributed by atoms with Crippen LogP contribution in [0.3, 0.4) is 0 Å². The third-order valence-electron chi connectivity index (χ3n) is 7.38. The Morgan fingerprint density at radius 3 is 2.45 bits per heavy atom. The van der Waals surface area contributed by atoms with Crippen molar-refractivity contribution in [2.45, 2.75) is 45.1 Å². The summed E-state index contributed by atoms with van der Waals surface area (Å²) in [7, 11) is 0. The fourth-order valence-electron chi connectivity index (χ4n) is 5.20. The Bertz CT molecular complexity index is 1140. The number of carbonyl (C=O) groups excluding carboxylic acids is 3. The van der Waals surface area contributed by atoms with E-state index in [2.05, 4.69) is 0 Å². The van der Waals surface area contributed by atoms with Crippen molar-refractivity contribution in [3.63, 3.8) is 0 Å². The van der Waals surface area contributed by atoms with Crippen LogP contribution in [0.15, 0.2) is 36.4 Å².